The third-order valence-corrected chi connectivity index (χ3v) is 5.78. The van der Waals surface area contributed by atoms with Gasteiger partial charge in [-0.15, -0.1) is 0 Å². The molecule has 3 heterocycles. The molecule has 33 heavy (non-hydrogen) atoms. The fraction of sp³-hybridized carbons (Fsp3) is 0.280. The lowest BCUT2D eigenvalue weighted by molar-refractivity contribution is 0.340. The molecule has 2 aromatic heterocycles. The lowest BCUT2D eigenvalue weighted by Gasteiger charge is -2.32. The Morgan fingerprint density at radius 1 is 1.12 bits per heavy atom. The van der Waals surface area contributed by atoms with Gasteiger partial charge in [-0.05, 0) is 75.2 Å². The number of rotatable bonds is 6. The van der Waals surface area contributed by atoms with Gasteiger partial charge in [0, 0.05) is 34.9 Å². The van der Waals surface area contributed by atoms with Crippen molar-refractivity contribution in [2.24, 2.45) is 10.7 Å². The quantitative estimate of drug-likeness (QED) is 0.304. The zero-order valence-corrected chi connectivity index (χ0v) is 19.1. The second kappa shape index (κ2) is 8.29. The fourth-order valence-corrected chi connectivity index (χ4v) is 4.35. The van der Waals surface area contributed by atoms with Crippen molar-refractivity contribution in [1.82, 2.24) is 20.3 Å². The number of anilines is 1. The molecule has 0 spiro atoms. The summed E-state index contributed by atoms with van der Waals surface area (Å²) in [4.78, 5) is 15.9. The number of allylic oxidation sites excluding steroid dienone is 1. The van der Waals surface area contributed by atoms with Gasteiger partial charge in [-0.1, -0.05) is 0 Å². The van der Waals surface area contributed by atoms with Gasteiger partial charge < -0.3 is 25.3 Å². The average Bonchev–Trinajstić information content (AvgIpc) is 3.33. The predicted molar refractivity (Wildman–Crippen MR) is 133 cm³/mol. The third-order valence-electron chi connectivity index (χ3n) is 5.78. The molecule has 1 aliphatic heterocycles. The molecule has 0 amide bonds. The number of aliphatic imine (C=N–C) groups is 1. The molecule has 0 radical (unpaired) electrons. The van der Waals surface area contributed by atoms with E-state index in [1.165, 1.54) is 5.56 Å². The van der Waals surface area contributed by atoms with Gasteiger partial charge in [0.05, 0.1) is 17.6 Å². The number of hydrogen-bond donors (Lipinski definition) is 5. The SMILES string of the molecule is CCOc1ccc2[nH]cc(CCC3(N)N=C(Nc4ccc5nc(C)[nH]c5c4)C=C(C)N3)c2c1. The summed E-state index contributed by atoms with van der Waals surface area (Å²) in [6.07, 6.45) is 5.41. The molecule has 0 aliphatic carbocycles. The highest BCUT2D eigenvalue weighted by molar-refractivity contribution is 6.05. The topological polar surface area (TPSA) is 116 Å². The number of aromatic nitrogens is 3. The molecule has 8 nitrogen and oxygen atoms in total. The Kier molecular flexibility index (Phi) is 5.30. The van der Waals surface area contributed by atoms with Crippen molar-refractivity contribution in [3.63, 3.8) is 0 Å². The van der Waals surface area contributed by atoms with Crippen LogP contribution in [0, 0.1) is 6.92 Å². The van der Waals surface area contributed by atoms with Gasteiger partial charge >= 0.3 is 0 Å². The molecule has 0 fully saturated rings. The van der Waals surface area contributed by atoms with Crippen molar-refractivity contribution < 1.29 is 4.74 Å². The number of amidine groups is 1. The molecule has 0 saturated carbocycles. The van der Waals surface area contributed by atoms with Crippen LogP contribution < -0.4 is 21.1 Å². The first kappa shape index (κ1) is 21.1. The number of benzene rings is 2. The Bertz CT molecular complexity index is 1380. The number of nitrogens with one attached hydrogen (secondary N) is 4. The minimum absolute atomic E-state index is 0.633. The second-order valence-corrected chi connectivity index (χ2v) is 8.51. The van der Waals surface area contributed by atoms with E-state index in [-0.39, 0.29) is 0 Å². The summed E-state index contributed by atoms with van der Waals surface area (Å²) in [6, 6.07) is 12.1. The number of nitrogens with zero attached hydrogens (tertiary/aromatic N) is 2. The van der Waals surface area contributed by atoms with E-state index in [1.54, 1.807) is 0 Å². The number of imidazole rings is 1. The summed E-state index contributed by atoms with van der Waals surface area (Å²) in [6.45, 7) is 6.58. The number of fused-ring (bicyclic) bond motifs is 2. The Balaban J connectivity index is 1.35. The summed E-state index contributed by atoms with van der Waals surface area (Å²) in [5.41, 5.74) is 12.8. The van der Waals surface area contributed by atoms with Gasteiger partial charge in [-0.3, -0.25) is 5.73 Å². The molecule has 1 unspecified atom stereocenters. The van der Waals surface area contributed by atoms with Gasteiger partial charge in [-0.2, -0.15) is 0 Å². The highest BCUT2D eigenvalue weighted by Crippen LogP contribution is 2.27. The maximum atomic E-state index is 6.70. The number of aryl methyl sites for hydroxylation is 2. The molecule has 4 aromatic rings. The van der Waals surface area contributed by atoms with Gasteiger partial charge in [0.1, 0.15) is 17.4 Å². The molecule has 1 aliphatic rings. The van der Waals surface area contributed by atoms with Crippen molar-refractivity contribution in [3.05, 3.63) is 65.8 Å². The number of hydrogen-bond acceptors (Lipinski definition) is 6. The van der Waals surface area contributed by atoms with Crippen molar-refractivity contribution in [1.29, 1.82) is 0 Å². The molecule has 2 aromatic carbocycles. The van der Waals surface area contributed by atoms with Gasteiger partial charge in [0.2, 0.25) is 0 Å². The summed E-state index contributed by atoms with van der Waals surface area (Å²) in [7, 11) is 0. The smallest absolute Gasteiger partial charge is 0.184 e. The first-order valence-corrected chi connectivity index (χ1v) is 11.2. The maximum absolute atomic E-state index is 6.70. The van der Waals surface area contributed by atoms with E-state index in [1.807, 2.05) is 63.4 Å². The van der Waals surface area contributed by atoms with E-state index < -0.39 is 5.79 Å². The molecule has 8 heteroatoms. The van der Waals surface area contributed by atoms with Crippen molar-refractivity contribution in [2.75, 3.05) is 11.9 Å². The molecule has 0 saturated heterocycles. The van der Waals surface area contributed by atoms with E-state index in [0.717, 1.165) is 57.2 Å². The molecular weight excluding hydrogens is 414 g/mol. The highest BCUT2D eigenvalue weighted by Gasteiger charge is 2.28. The van der Waals surface area contributed by atoms with Crippen LogP contribution in [0.2, 0.25) is 0 Å². The van der Waals surface area contributed by atoms with Crippen LogP contribution in [0.5, 0.6) is 5.75 Å². The van der Waals surface area contributed by atoms with Crippen molar-refractivity contribution in [3.8, 4) is 5.75 Å². The van der Waals surface area contributed by atoms with Crippen LogP contribution in [0.4, 0.5) is 5.69 Å². The lowest BCUT2D eigenvalue weighted by atomic mass is 10.0. The van der Waals surface area contributed by atoms with Crippen LogP contribution in [0.15, 0.2) is 59.4 Å². The minimum Gasteiger partial charge on any atom is -0.494 e. The number of ether oxygens (including phenoxy) is 1. The van der Waals surface area contributed by atoms with Crippen LogP contribution in [0.25, 0.3) is 21.9 Å². The van der Waals surface area contributed by atoms with Crippen LogP contribution in [0.1, 0.15) is 31.7 Å². The Morgan fingerprint density at radius 3 is 2.85 bits per heavy atom. The van der Waals surface area contributed by atoms with Gasteiger partial charge in [0.15, 0.2) is 5.79 Å². The maximum Gasteiger partial charge on any atom is 0.184 e. The fourth-order valence-electron chi connectivity index (χ4n) is 4.35. The molecule has 0 bridgehead atoms. The van der Waals surface area contributed by atoms with Crippen molar-refractivity contribution >= 4 is 33.5 Å². The van der Waals surface area contributed by atoms with E-state index in [9.17, 15) is 0 Å². The first-order valence-electron chi connectivity index (χ1n) is 11.2. The molecule has 6 N–H and O–H groups in total. The van der Waals surface area contributed by atoms with Crippen LogP contribution >= 0.6 is 0 Å². The summed E-state index contributed by atoms with van der Waals surface area (Å²) in [5.74, 6) is 1.58. The van der Waals surface area contributed by atoms with E-state index in [4.69, 9.17) is 15.5 Å². The summed E-state index contributed by atoms with van der Waals surface area (Å²) >= 11 is 0. The zero-order valence-electron chi connectivity index (χ0n) is 19.1. The van der Waals surface area contributed by atoms with Crippen molar-refractivity contribution in [2.45, 2.75) is 39.4 Å². The number of aromatic amines is 2. The Hall–Kier alpha value is -3.78. The van der Waals surface area contributed by atoms with Crippen LogP contribution in [-0.4, -0.2) is 33.2 Å². The molecular formula is C25H29N7O. The highest BCUT2D eigenvalue weighted by atomic mass is 16.5. The van der Waals surface area contributed by atoms with Gasteiger partial charge in [0.25, 0.3) is 0 Å². The zero-order chi connectivity index (χ0) is 23.0. The lowest BCUT2D eigenvalue weighted by Crippen LogP contribution is -2.54. The second-order valence-electron chi connectivity index (χ2n) is 8.51. The number of H-pyrrole nitrogens is 2. The Morgan fingerprint density at radius 2 is 2.00 bits per heavy atom. The monoisotopic (exact) mass is 443 g/mol. The van der Waals surface area contributed by atoms with E-state index in [0.29, 0.717) is 13.0 Å². The van der Waals surface area contributed by atoms with Gasteiger partial charge in [-0.25, -0.2) is 9.98 Å². The first-order chi connectivity index (χ1) is 15.9. The summed E-state index contributed by atoms with van der Waals surface area (Å²) in [5, 5.41) is 7.89. The molecule has 1 atom stereocenters. The minimum atomic E-state index is -0.906. The van der Waals surface area contributed by atoms with Crippen LogP contribution in [-0.2, 0) is 6.42 Å². The van der Waals surface area contributed by atoms with E-state index >= 15 is 0 Å². The normalized spacial score (nSPS) is 18.2. The number of nitrogens with two attached hydrogens (primary N) is 1. The third kappa shape index (κ3) is 4.42. The Labute approximate surface area is 192 Å². The van der Waals surface area contributed by atoms with Crippen LogP contribution in [0.3, 0.4) is 0 Å². The standard InChI is InChI=1S/C25H29N7O/c1-4-33-19-6-8-21-20(13-19)17(14-27-21)9-10-25(26)31-15(2)11-24(32-25)30-18-5-7-22-23(12-18)29-16(3)28-22/h5-8,11-14,27,31H,4,9-10,26H2,1-3H3,(H,28,29)(H,30,32). The molecule has 170 valence electrons. The average molecular weight is 444 g/mol. The van der Waals surface area contributed by atoms with E-state index in [2.05, 4.69) is 31.7 Å². The summed E-state index contributed by atoms with van der Waals surface area (Å²) < 4.78 is 5.67. The molecule has 5 rings (SSSR count). The largest absolute Gasteiger partial charge is 0.494 e. The predicted octanol–water partition coefficient (Wildman–Crippen LogP) is 4.31.